The van der Waals surface area contributed by atoms with Crippen LogP contribution < -0.4 is 0 Å². The number of hydrogen-bond acceptors (Lipinski definition) is 8. The average Bonchev–Trinajstić information content (AvgIpc) is 3.10. The van der Waals surface area contributed by atoms with E-state index in [9.17, 15) is 24.3 Å². The first-order valence-electron chi connectivity index (χ1n) is 11.8. The number of ether oxygens (including phenoxy) is 3. The zero-order chi connectivity index (χ0) is 25.4. The fourth-order valence-electron chi connectivity index (χ4n) is 7.36. The van der Waals surface area contributed by atoms with Gasteiger partial charge in [-0.05, 0) is 24.5 Å². The van der Waals surface area contributed by atoms with Gasteiger partial charge in [0.1, 0.15) is 12.7 Å². The van der Waals surface area contributed by atoms with Gasteiger partial charge in [0.05, 0.1) is 5.60 Å². The van der Waals surface area contributed by atoms with Crippen molar-refractivity contribution >= 4 is 23.7 Å². The number of esters is 3. The maximum Gasteiger partial charge on any atom is 0.303 e. The monoisotopic (exact) mass is 474 g/mol. The van der Waals surface area contributed by atoms with Crippen molar-refractivity contribution in [3.63, 3.8) is 0 Å². The number of hydrogen-bond donors (Lipinski definition) is 1. The van der Waals surface area contributed by atoms with Crippen molar-refractivity contribution in [2.45, 2.75) is 72.2 Å². The van der Waals surface area contributed by atoms with Crippen molar-refractivity contribution in [1.29, 1.82) is 0 Å². The van der Waals surface area contributed by atoms with Crippen LogP contribution in [0.2, 0.25) is 0 Å². The Labute approximate surface area is 199 Å². The van der Waals surface area contributed by atoms with E-state index in [1.807, 2.05) is 26.0 Å². The fraction of sp³-hybridized carbons (Fsp3) is 0.692. The summed E-state index contributed by atoms with van der Waals surface area (Å²) in [6.07, 6.45) is 3.21. The van der Waals surface area contributed by atoms with Gasteiger partial charge < -0.3 is 19.3 Å². The van der Waals surface area contributed by atoms with E-state index in [1.54, 1.807) is 13.8 Å². The van der Waals surface area contributed by atoms with Gasteiger partial charge in [0.15, 0.2) is 11.4 Å². The summed E-state index contributed by atoms with van der Waals surface area (Å²) in [5.74, 6) is -4.07. The number of Topliss-reactive ketones (excluding diaryl/α,β-unsaturated/α-hetero) is 1. The molecule has 1 N–H and O–H groups in total. The summed E-state index contributed by atoms with van der Waals surface area (Å²) in [7, 11) is 0. The van der Waals surface area contributed by atoms with Gasteiger partial charge in [-0.3, -0.25) is 19.2 Å². The molecule has 34 heavy (non-hydrogen) atoms. The minimum Gasteiger partial charge on any atom is -0.461 e. The van der Waals surface area contributed by atoms with E-state index in [-0.39, 0.29) is 18.3 Å². The third-order valence-electron chi connectivity index (χ3n) is 8.75. The highest BCUT2D eigenvalue weighted by Gasteiger charge is 2.87. The molecule has 0 aromatic rings. The summed E-state index contributed by atoms with van der Waals surface area (Å²) in [6, 6.07) is 0. The average molecular weight is 475 g/mol. The molecule has 4 aliphatic rings. The second-order valence-electron chi connectivity index (χ2n) is 11.0. The van der Waals surface area contributed by atoms with Gasteiger partial charge in [-0.1, -0.05) is 32.9 Å². The fourth-order valence-corrected chi connectivity index (χ4v) is 7.36. The van der Waals surface area contributed by atoms with Crippen molar-refractivity contribution in [2.24, 2.45) is 35.0 Å². The molecule has 4 aliphatic carbocycles. The summed E-state index contributed by atoms with van der Waals surface area (Å²) in [5, 5.41) is 12.5. The summed E-state index contributed by atoms with van der Waals surface area (Å²) in [6.45, 7) is 11.4. The smallest absolute Gasteiger partial charge is 0.303 e. The predicted octanol–water partition coefficient (Wildman–Crippen LogP) is 2.53. The van der Waals surface area contributed by atoms with E-state index >= 15 is 0 Å². The molecule has 0 saturated heterocycles. The second-order valence-corrected chi connectivity index (χ2v) is 11.0. The molecule has 2 saturated carbocycles. The summed E-state index contributed by atoms with van der Waals surface area (Å²) >= 11 is 0. The second kappa shape index (κ2) is 7.77. The number of carbonyl (C=O) groups excluding carboxylic acids is 4. The van der Waals surface area contributed by atoms with Crippen molar-refractivity contribution in [2.75, 3.05) is 6.61 Å². The third-order valence-corrected chi connectivity index (χ3v) is 8.75. The standard InChI is InChI=1S/C26H34O8/c1-12-8-19-18(21(12)30)9-17(11-32-14(3)27)10-20-22-24(6,7)26(22,34-16(5)29)23(33-15(4)28)13(2)25(19,20)31/h8,10,13,18-20,22-23,31H,9,11H2,1-7H3/t13-,18-,19-,20+,22-,23-,25+,26-/m1/s1. The zero-order valence-electron chi connectivity index (χ0n) is 20.8. The van der Waals surface area contributed by atoms with Gasteiger partial charge in [0.25, 0.3) is 0 Å². The molecular formula is C26H34O8. The van der Waals surface area contributed by atoms with Gasteiger partial charge in [0, 0.05) is 55.8 Å². The number of fused-ring (bicyclic) bond motifs is 5. The topological polar surface area (TPSA) is 116 Å². The lowest BCUT2D eigenvalue weighted by Crippen LogP contribution is -2.63. The van der Waals surface area contributed by atoms with Crippen molar-refractivity contribution in [1.82, 2.24) is 0 Å². The highest BCUT2D eigenvalue weighted by Crippen LogP contribution is 2.76. The Morgan fingerprint density at radius 3 is 2.26 bits per heavy atom. The van der Waals surface area contributed by atoms with Crippen molar-refractivity contribution in [3.8, 4) is 0 Å². The van der Waals surface area contributed by atoms with Crippen LogP contribution in [0.5, 0.6) is 0 Å². The Balaban J connectivity index is 1.91. The van der Waals surface area contributed by atoms with Crippen LogP contribution in [0, 0.1) is 35.0 Å². The van der Waals surface area contributed by atoms with Crippen LogP contribution in [0.25, 0.3) is 0 Å². The van der Waals surface area contributed by atoms with E-state index in [2.05, 4.69) is 0 Å². The highest BCUT2D eigenvalue weighted by atomic mass is 16.6. The molecular weight excluding hydrogens is 440 g/mol. The van der Waals surface area contributed by atoms with Crippen LogP contribution in [0.3, 0.4) is 0 Å². The maximum atomic E-state index is 13.1. The van der Waals surface area contributed by atoms with Gasteiger partial charge in [-0.25, -0.2) is 0 Å². The summed E-state index contributed by atoms with van der Waals surface area (Å²) < 4.78 is 17.0. The molecule has 0 heterocycles. The lowest BCUT2D eigenvalue weighted by Gasteiger charge is -2.52. The number of ketones is 1. The number of allylic oxidation sites excluding steroid dienone is 1. The van der Waals surface area contributed by atoms with Crippen LogP contribution in [-0.2, 0) is 33.4 Å². The molecule has 2 fully saturated rings. The summed E-state index contributed by atoms with van der Waals surface area (Å²) in [5.41, 5.74) is -1.85. The Morgan fingerprint density at radius 2 is 1.71 bits per heavy atom. The molecule has 0 aromatic carbocycles. The maximum absolute atomic E-state index is 13.1. The van der Waals surface area contributed by atoms with E-state index in [4.69, 9.17) is 14.2 Å². The lowest BCUT2D eigenvalue weighted by molar-refractivity contribution is -0.218. The Morgan fingerprint density at radius 1 is 1.06 bits per heavy atom. The molecule has 8 nitrogen and oxygen atoms in total. The predicted molar refractivity (Wildman–Crippen MR) is 120 cm³/mol. The van der Waals surface area contributed by atoms with E-state index in [0.717, 1.165) is 5.57 Å². The van der Waals surface area contributed by atoms with Gasteiger partial charge in [-0.15, -0.1) is 0 Å². The first-order chi connectivity index (χ1) is 15.7. The van der Waals surface area contributed by atoms with Crippen LogP contribution in [0.1, 0.15) is 54.9 Å². The van der Waals surface area contributed by atoms with Gasteiger partial charge in [-0.2, -0.15) is 0 Å². The molecule has 0 amide bonds. The number of rotatable bonds is 4. The van der Waals surface area contributed by atoms with Crippen LogP contribution >= 0.6 is 0 Å². The number of carbonyl (C=O) groups is 4. The van der Waals surface area contributed by atoms with Crippen molar-refractivity contribution < 1.29 is 38.5 Å². The van der Waals surface area contributed by atoms with Crippen LogP contribution in [0.4, 0.5) is 0 Å². The molecule has 8 heteroatoms. The Bertz CT molecular complexity index is 1020. The molecule has 0 radical (unpaired) electrons. The molecule has 186 valence electrons. The van der Waals surface area contributed by atoms with Crippen molar-refractivity contribution in [3.05, 3.63) is 23.3 Å². The molecule has 0 aliphatic heterocycles. The minimum atomic E-state index is -1.45. The largest absolute Gasteiger partial charge is 0.461 e. The SMILES string of the molecule is CC(=O)OCC1=C[C@H]2[C@@H]3C(C)(C)[C@]3(OC(C)=O)[C@H](OC(C)=O)[C@@H](C)[C@]2(O)[C@@H]2C=C(C)C(=O)[C@@H]2C1. The van der Waals surface area contributed by atoms with E-state index < -0.39 is 64.3 Å². The molecule has 0 spiro atoms. The molecule has 0 aromatic heterocycles. The Kier molecular flexibility index (Phi) is 5.63. The first kappa shape index (κ1) is 24.6. The third kappa shape index (κ3) is 3.21. The zero-order valence-corrected chi connectivity index (χ0v) is 20.8. The van der Waals surface area contributed by atoms with Crippen LogP contribution in [-0.4, -0.2) is 52.7 Å². The van der Waals surface area contributed by atoms with E-state index in [0.29, 0.717) is 12.0 Å². The van der Waals surface area contributed by atoms with Gasteiger partial charge >= 0.3 is 17.9 Å². The first-order valence-corrected chi connectivity index (χ1v) is 11.8. The summed E-state index contributed by atoms with van der Waals surface area (Å²) in [4.78, 5) is 49.0. The molecule has 0 unspecified atom stereocenters. The van der Waals surface area contributed by atoms with E-state index in [1.165, 1.54) is 20.8 Å². The highest BCUT2D eigenvalue weighted by molar-refractivity contribution is 6.00. The number of aliphatic hydroxyl groups is 1. The Hall–Kier alpha value is -2.48. The molecule has 4 rings (SSSR count). The quantitative estimate of drug-likeness (QED) is 0.375. The lowest BCUT2D eigenvalue weighted by atomic mass is 9.60. The molecule has 0 bridgehead atoms. The van der Waals surface area contributed by atoms with Crippen LogP contribution in [0.15, 0.2) is 23.3 Å². The minimum absolute atomic E-state index is 0.0208. The molecule has 8 atom stereocenters. The van der Waals surface area contributed by atoms with Gasteiger partial charge in [0.2, 0.25) is 0 Å². The normalized spacial score (nSPS) is 41.6.